The molecule has 1 saturated carbocycles. The molecule has 0 saturated heterocycles. The Labute approximate surface area is 214 Å². The van der Waals surface area contributed by atoms with Crippen LogP contribution in [0.1, 0.15) is 62.9 Å². The molecule has 3 aromatic heterocycles. The second-order valence-corrected chi connectivity index (χ2v) is 10.7. The Morgan fingerprint density at radius 2 is 1.97 bits per heavy atom. The number of rotatable bonds is 8. The third-order valence-electron chi connectivity index (χ3n) is 6.89. The number of halogens is 1. The van der Waals surface area contributed by atoms with E-state index in [-0.39, 0.29) is 24.1 Å². The molecule has 0 spiro atoms. The average Bonchev–Trinajstić information content (AvgIpc) is 3.48. The largest absolute Gasteiger partial charge is 0.390 e. The van der Waals surface area contributed by atoms with Crippen molar-refractivity contribution in [1.29, 1.82) is 5.26 Å². The Hall–Kier alpha value is -3.62. The fraction of sp³-hybridized carbons (Fsp3) is 0.500. The van der Waals surface area contributed by atoms with Crippen LogP contribution in [0.2, 0.25) is 0 Å². The van der Waals surface area contributed by atoms with Crippen LogP contribution in [0.4, 0.5) is 10.1 Å². The van der Waals surface area contributed by atoms with E-state index in [2.05, 4.69) is 31.8 Å². The highest BCUT2D eigenvalue weighted by Crippen LogP contribution is 2.36. The second kappa shape index (κ2) is 10.0. The number of amides is 1. The molecule has 1 aliphatic rings. The first-order valence-electron chi connectivity index (χ1n) is 12.2. The molecular weight excluding hydrogens is 477 g/mol. The van der Waals surface area contributed by atoms with Gasteiger partial charge in [-0.25, -0.2) is 14.4 Å². The van der Waals surface area contributed by atoms with Gasteiger partial charge in [-0.2, -0.15) is 15.0 Å². The lowest BCUT2D eigenvalue weighted by atomic mass is 9.89. The third-order valence-corrected chi connectivity index (χ3v) is 6.89. The molecule has 0 aliphatic heterocycles. The van der Waals surface area contributed by atoms with Crippen molar-refractivity contribution in [2.75, 3.05) is 11.9 Å². The fourth-order valence-electron chi connectivity index (χ4n) is 4.51. The monoisotopic (exact) mass is 509 g/mol. The molecule has 1 amide bonds. The molecule has 196 valence electrons. The van der Waals surface area contributed by atoms with Crippen molar-refractivity contribution < 1.29 is 19.4 Å². The lowest BCUT2D eigenvalue weighted by Gasteiger charge is -2.26. The number of carbonyl (C=O) groups is 1. The van der Waals surface area contributed by atoms with Crippen molar-refractivity contribution in [3.05, 3.63) is 41.9 Å². The maximum Gasteiger partial charge on any atom is 0.255 e. The van der Waals surface area contributed by atoms with Gasteiger partial charge in [0.25, 0.3) is 5.91 Å². The van der Waals surface area contributed by atoms with Crippen molar-refractivity contribution in [2.24, 2.45) is 5.92 Å². The number of pyridine rings is 2. The van der Waals surface area contributed by atoms with Crippen LogP contribution in [0, 0.1) is 17.2 Å². The lowest BCUT2D eigenvalue weighted by molar-refractivity contribution is -0.00178. The van der Waals surface area contributed by atoms with Gasteiger partial charge < -0.3 is 20.8 Å². The molecule has 1 unspecified atom stereocenters. The summed E-state index contributed by atoms with van der Waals surface area (Å²) in [5.74, 6) is -0.0213. The summed E-state index contributed by atoms with van der Waals surface area (Å²) in [5, 5.41) is 40.4. The zero-order valence-corrected chi connectivity index (χ0v) is 21.4. The minimum absolute atomic E-state index is 0.00852. The number of carbonyl (C=O) groups excluding carboxylic acids is 1. The Kier molecular flexibility index (Phi) is 7.17. The Morgan fingerprint density at radius 3 is 2.62 bits per heavy atom. The maximum absolute atomic E-state index is 14.3. The first-order valence-corrected chi connectivity index (χ1v) is 12.2. The van der Waals surface area contributed by atoms with Crippen molar-refractivity contribution in [2.45, 2.75) is 70.4 Å². The van der Waals surface area contributed by atoms with Gasteiger partial charge in [0.15, 0.2) is 11.5 Å². The SMILES string of the molecule is CC(C)(O)C(F)CNC(=O)c1cnc(-n2ncc3cc(C#N)cnc32)cc1N[C@H]1CC[C@H](C(C)(C)O)C1. The molecular formula is C26H32FN7O3. The molecule has 0 radical (unpaired) electrons. The van der Waals surface area contributed by atoms with Gasteiger partial charge in [-0.1, -0.05) is 0 Å². The number of aliphatic hydroxyl groups is 2. The van der Waals surface area contributed by atoms with Gasteiger partial charge in [-0.05, 0) is 58.9 Å². The molecule has 3 aromatic rings. The van der Waals surface area contributed by atoms with Crippen LogP contribution < -0.4 is 10.6 Å². The molecule has 11 heteroatoms. The van der Waals surface area contributed by atoms with Crippen molar-refractivity contribution in [3.8, 4) is 11.9 Å². The molecule has 10 nitrogen and oxygen atoms in total. The first-order chi connectivity index (χ1) is 17.4. The van der Waals surface area contributed by atoms with Crippen LogP contribution in [0.3, 0.4) is 0 Å². The predicted octanol–water partition coefficient (Wildman–Crippen LogP) is 2.88. The highest BCUT2D eigenvalue weighted by molar-refractivity contribution is 5.99. The summed E-state index contributed by atoms with van der Waals surface area (Å²) in [6.07, 6.45) is 5.14. The molecule has 4 rings (SSSR count). The number of hydrogen-bond donors (Lipinski definition) is 4. The normalized spacial score (nSPS) is 19.0. The average molecular weight is 510 g/mol. The number of anilines is 1. The van der Waals surface area contributed by atoms with Crippen LogP contribution in [-0.2, 0) is 0 Å². The van der Waals surface area contributed by atoms with Gasteiger partial charge in [0.2, 0.25) is 0 Å². The molecule has 1 fully saturated rings. The van der Waals surface area contributed by atoms with E-state index < -0.39 is 23.3 Å². The Bertz CT molecular complexity index is 1340. The quantitative estimate of drug-likeness (QED) is 0.362. The minimum atomic E-state index is -1.65. The van der Waals surface area contributed by atoms with E-state index in [0.29, 0.717) is 28.1 Å². The zero-order chi connectivity index (χ0) is 27.0. The number of nitriles is 1. The lowest BCUT2D eigenvalue weighted by Crippen LogP contribution is -2.42. The predicted molar refractivity (Wildman–Crippen MR) is 136 cm³/mol. The molecule has 0 bridgehead atoms. The highest BCUT2D eigenvalue weighted by Gasteiger charge is 2.35. The topological polar surface area (TPSA) is 149 Å². The molecule has 1 aliphatic carbocycles. The maximum atomic E-state index is 14.3. The van der Waals surface area contributed by atoms with Gasteiger partial charge in [-0.3, -0.25) is 4.79 Å². The van der Waals surface area contributed by atoms with Crippen molar-refractivity contribution in [3.63, 3.8) is 0 Å². The van der Waals surface area contributed by atoms with E-state index in [9.17, 15) is 19.4 Å². The van der Waals surface area contributed by atoms with Crippen LogP contribution in [0.15, 0.2) is 30.7 Å². The summed E-state index contributed by atoms with van der Waals surface area (Å²) in [4.78, 5) is 21.8. The standard InChI is InChI=1S/C26H32FN7O3/c1-25(2,36)17-5-6-18(8-17)33-20-9-22(34-23-16(12-32-34)7-15(10-28)11-30-23)29-13-19(20)24(35)31-14-21(27)26(3,4)37/h7,9,11-13,17-18,21,36-37H,5-6,8,14H2,1-4H3,(H,29,33)(H,31,35)/t17-,18-,21?/m0/s1. The molecule has 3 heterocycles. The smallest absolute Gasteiger partial charge is 0.255 e. The number of alkyl halides is 1. The second-order valence-electron chi connectivity index (χ2n) is 10.7. The van der Waals surface area contributed by atoms with Crippen LogP contribution >= 0.6 is 0 Å². The summed E-state index contributed by atoms with van der Waals surface area (Å²) in [7, 11) is 0. The Morgan fingerprint density at radius 1 is 1.22 bits per heavy atom. The van der Waals surface area contributed by atoms with Gasteiger partial charge in [0, 0.05) is 29.9 Å². The van der Waals surface area contributed by atoms with E-state index in [1.165, 1.54) is 30.9 Å². The van der Waals surface area contributed by atoms with E-state index in [4.69, 9.17) is 5.26 Å². The Balaban J connectivity index is 1.65. The highest BCUT2D eigenvalue weighted by atomic mass is 19.1. The number of hydrogen-bond acceptors (Lipinski definition) is 8. The molecule has 0 aromatic carbocycles. The van der Waals surface area contributed by atoms with Crippen molar-refractivity contribution in [1.82, 2.24) is 25.1 Å². The summed E-state index contributed by atoms with van der Waals surface area (Å²) in [5.41, 5.74) is -0.784. The minimum Gasteiger partial charge on any atom is -0.390 e. The van der Waals surface area contributed by atoms with E-state index in [1.54, 1.807) is 32.2 Å². The summed E-state index contributed by atoms with van der Waals surface area (Å²) in [6, 6.07) is 5.42. The molecule has 3 atom stereocenters. The fourth-order valence-corrected chi connectivity index (χ4v) is 4.51. The number of nitrogens with zero attached hydrogens (tertiary/aromatic N) is 5. The molecule has 4 N–H and O–H groups in total. The third kappa shape index (κ3) is 5.87. The molecule has 37 heavy (non-hydrogen) atoms. The van der Waals surface area contributed by atoms with Gasteiger partial charge in [0.05, 0.1) is 40.8 Å². The zero-order valence-electron chi connectivity index (χ0n) is 21.4. The summed E-state index contributed by atoms with van der Waals surface area (Å²) in [6.45, 7) is 5.92. The van der Waals surface area contributed by atoms with Crippen LogP contribution in [0.25, 0.3) is 16.9 Å². The summed E-state index contributed by atoms with van der Waals surface area (Å²) < 4.78 is 15.8. The van der Waals surface area contributed by atoms with Crippen molar-refractivity contribution >= 4 is 22.6 Å². The number of nitrogens with one attached hydrogen (secondary N) is 2. The number of fused-ring (bicyclic) bond motifs is 1. The van der Waals surface area contributed by atoms with E-state index >= 15 is 0 Å². The van der Waals surface area contributed by atoms with E-state index in [1.807, 2.05) is 0 Å². The van der Waals surface area contributed by atoms with Crippen LogP contribution in [0.5, 0.6) is 0 Å². The number of aromatic nitrogens is 4. The van der Waals surface area contributed by atoms with Crippen LogP contribution in [-0.4, -0.2) is 65.8 Å². The van der Waals surface area contributed by atoms with E-state index in [0.717, 1.165) is 19.3 Å². The van der Waals surface area contributed by atoms with Gasteiger partial charge >= 0.3 is 0 Å². The first kappa shape index (κ1) is 26.4. The summed E-state index contributed by atoms with van der Waals surface area (Å²) >= 11 is 0. The van der Waals surface area contributed by atoms with Gasteiger partial charge in [0.1, 0.15) is 12.2 Å². The van der Waals surface area contributed by atoms with Gasteiger partial charge in [-0.15, -0.1) is 0 Å².